The van der Waals surface area contributed by atoms with E-state index in [9.17, 15) is 28.3 Å². The van der Waals surface area contributed by atoms with E-state index in [0.717, 1.165) is 23.5 Å². The second-order valence-corrected chi connectivity index (χ2v) is 9.40. The number of methoxy groups -OCH3 is 1. The Labute approximate surface area is 227 Å². The summed E-state index contributed by atoms with van der Waals surface area (Å²) < 4.78 is 41.9. The number of ketones is 1. The number of hydrogen-bond acceptors (Lipinski definition) is 9. The molecule has 0 spiro atoms. The van der Waals surface area contributed by atoms with Crippen LogP contribution in [-0.2, 0) is 11.2 Å². The van der Waals surface area contributed by atoms with Crippen LogP contribution >= 0.6 is 27.3 Å². The van der Waals surface area contributed by atoms with Crippen molar-refractivity contribution in [2.45, 2.75) is 26.2 Å². The van der Waals surface area contributed by atoms with Gasteiger partial charge in [0.2, 0.25) is 0 Å². The maximum Gasteiger partial charge on any atom is 0.410 e. The number of carbonyl (C=O) groups is 2. The van der Waals surface area contributed by atoms with E-state index in [1.54, 1.807) is 6.08 Å². The number of aromatic nitrogens is 1. The second kappa shape index (κ2) is 13.1. The SMILES string of the molecule is COC(=O)N/C=C/CCCc1cc(O)c(C(=O)/C(C)=C/c2sc(Oc3ccc(F)c(F)c3)nc2Br)c(=O)o1. The van der Waals surface area contributed by atoms with Crippen LogP contribution in [0.1, 0.15) is 40.8 Å². The highest BCUT2D eigenvalue weighted by Crippen LogP contribution is 2.34. The van der Waals surface area contributed by atoms with Crippen molar-refractivity contribution >= 4 is 45.2 Å². The smallest absolute Gasteiger partial charge is 0.410 e. The Morgan fingerprint density at radius 3 is 2.71 bits per heavy atom. The Morgan fingerprint density at radius 1 is 1.26 bits per heavy atom. The van der Waals surface area contributed by atoms with E-state index < -0.39 is 40.4 Å². The molecule has 200 valence electrons. The van der Waals surface area contributed by atoms with Gasteiger partial charge in [-0.3, -0.25) is 10.1 Å². The lowest BCUT2D eigenvalue weighted by atomic mass is 10.0. The number of Topliss-reactive ketones (excluding diaryl/α,β-unsaturated/α-hetero) is 1. The predicted octanol–water partition coefficient (Wildman–Crippen LogP) is 6.11. The molecule has 0 fully saturated rings. The molecular formula is C25H21BrF2N2O7S. The van der Waals surface area contributed by atoms with Gasteiger partial charge in [-0.15, -0.1) is 0 Å². The van der Waals surface area contributed by atoms with E-state index >= 15 is 0 Å². The number of ether oxygens (including phenoxy) is 2. The standard InChI is InChI=1S/C25H21BrF2N2O7S/c1-13(10-19-22(26)30-25(38-19)37-15-7-8-16(27)17(28)11-15)21(32)20-18(31)12-14(36-23(20)33)6-4-3-5-9-29-24(34)35-2/h5,7-12,31H,3-4,6H2,1-2H3,(H,29,34)/b9-5+,13-10+. The van der Waals surface area contributed by atoms with Gasteiger partial charge in [0.25, 0.3) is 5.19 Å². The first-order valence-corrected chi connectivity index (χ1v) is 12.6. The topological polar surface area (TPSA) is 128 Å². The molecule has 3 rings (SSSR count). The van der Waals surface area contributed by atoms with Gasteiger partial charge in [0.05, 0.1) is 12.0 Å². The zero-order chi connectivity index (χ0) is 27.8. The molecular weight excluding hydrogens is 590 g/mol. The predicted molar refractivity (Wildman–Crippen MR) is 138 cm³/mol. The number of nitrogens with one attached hydrogen (secondary N) is 1. The fourth-order valence-corrected chi connectivity index (χ4v) is 4.52. The lowest BCUT2D eigenvalue weighted by Crippen LogP contribution is -2.16. The summed E-state index contributed by atoms with van der Waals surface area (Å²) in [6.07, 6.45) is 5.35. The van der Waals surface area contributed by atoms with Crippen LogP contribution in [0, 0.1) is 11.6 Å². The van der Waals surface area contributed by atoms with Gasteiger partial charge in [0, 0.05) is 24.8 Å². The molecule has 0 unspecified atom stereocenters. The molecule has 3 aromatic rings. The molecule has 0 aliphatic rings. The molecule has 2 heterocycles. The number of hydrogen-bond donors (Lipinski definition) is 2. The first-order valence-electron chi connectivity index (χ1n) is 11.0. The third-order valence-corrected chi connectivity index (χ3v) is 6.65. The fraction of sp³-hybridized carbons (Fsp3) is 0.200. The average molecular weight is 611 g/mol. The lowest BCUT2D eigenvalue weighted by molar-refractivity contribution is 0.102. The lowest BCUT2D eigenvalue weighted by Gasteiger charge is -2.05. The summed E-state index contributed by atoms with van der Waals surface area (Å²) in [5.41, 5.74) is -1.39. The van der Waals surface area contributed by atoms with Gasteiger partial charge in [0.15, 0.2) is 17.4 Å². The van der Waals surface area contributed by atoms with Crippen molar-refractivity contribution in [3.8, 4) is 16.7 Å². The Bertz CT molecular complexity index is 1470. The van der Waals surface area contributed by atoms with Gasteiger partial charge < -0.3 is 19.0 Å². The number of allylic oxidation sites excluding steroid dienone is 2. The number of thiazole rings is 1. The third kappa shape index (κ3) is 7.59. The first-order chi connectivity index (χ1) is 18.1. The van der Waals surface area contributed by atoms with E-state index in [1.807, 2.05) is 0 Å². The average Bonchev–Trinajstić information content (AvgIpc) is 3.20. The molecule has 0 saturated carbocycles. The third-order valence-electron chi connectivity index (χ3n) is 4.90. The minimum atomic E-state index is -1.07. The number of benzene rings is 1. The Hall–Kier alpha value is -3.84. The number of carbonyl (C=O) groups excluding carboxylic acids is 2. The van der Waals surface area contributed by atoms with Crippen molar-refractivity contribution in [2.24, 2.45) is 0 Å². The van der Waals surface area contributed by atoms with E-state index in [4.69, 9.17) is 9.15 Å². The van der Waals surface area contributed by atoms with Crippen molar-refractivity contribution < 1.29 is 37.4 Å². The maximum atomic E-state index is 13.4. The van der Waals surface area contributed by atoms with Gasteiger partial charge in [-0.2, -0.15) is 4.98 Å². The monoisotopic (exact) mass is 610 g/mol. The van der Waals surface area contributed by atoms with Crippen LogP contribution in [0.15, 0.2) is 55.9 Å². The summed E-state index contributed by atoms with van der Waals surface area (Å²) in [5, 5.41) is 12.8. The maximum absolute atomic E-state index is 13.4. The second-order valence-electron chi connectivity index (χ2n) is 7.66. The van der Waals surface area contributed by atoms with Crippen molar-refractivity contribution in [1.29, 1.82) is 0 Å². The van der Waals surface area contributed by atoms with Gasteiger partial charge in [-0.1, -0.05) is 17.4 Å². The number of aryl methyl sites for hydroxylation is 1. The number of unbranched alkanes of at least 4 members (excludes halogenated alkanes) is 1. The molecule has 0 aliphatic heterocycles. The Kier molecular flexibility index (Phi) is 9.91. The van der Waals surface area contributed by atoms with Crippen LogP contribution < -0.4 is 15.7 Å². The molecule has 0 radical (unpaired) electrons. The zero-order valence-electron chi connectivity index (χ0n) is 20.0. The number of alkyl carbamates (subject to hydrolysis) is 1. The van der Waals surface area contributed by atoms with Crippen molar-refractivity contribution in [3.05, 3.63) is 85.0 Å². The summed E-state index contributed by atoms with van der Waals surface area (Å²) in [6.45, 7) is 1.45. The quantitative estimate of drug-likeness (QED) is 0.160. The van der Waals surface area contributed by atoms with Gasteiger partial charge in [-0.25, -0.2) is 18.4 Å². The molecule has 2 aromatic heterocycles. The molecule has 0 bridgehead atoms. The molecule has 38 heavy (non-hydrogen) atoms. The van der Waals surface area contributed by atoms with Crippen LogP contribution in [-0.4, -0.2) is 29.1 Å². The van der Waals surface area contributed by atoms with Crippen molar-refractivity contribution in [2.75, 3.05) is 7.11 Å². The van der Waals surface area contributed by atoms with Crippen LogP contribution in [0.2, 0.25) is 0 Å². The molecule has 9 nitrogen and oxygen atoms in total. The highest BCUT2D eigenvalue weighted by Gasteiger charge is 2.21. The summed E-state index contributed by atoms with van der Waals surface area (Å²) in [5.74, 6) is -3.12. The normalized spacial score (nSPS) is 11.6. The van der Waals surface area contributed by atoms with Crippen LogP contribution in [0.5, 0.6) is 16.7 Å². The highest BCUT2D eigenvalue weighted by atomic mass is 79.9. The Morgan fingerprint density at radius 2 is 2.03 bits per heavy atom. The summed E-state index contributed by atoms with van der Waals surface area (Å²) >= 11 is 4.26. The number of rotatable bonds is 10. The Balaban J connectivity index is 1.68. The van der Waals surface area contributed by atoms with Crippen LogP contribution in [0.3, 0.4) is 0 Å². The van der Waals surface area contributed by atoms with Crippen molar-refractivity contribution in [3.63, 3.8) is 0 Å². The van der Waals surface area contributed by atoms with E-state index in [2.05, 4.69) is 31.0 Å². The highest BCUT2D eigenvalue weighted by molar-refractivity contribution is 9.10. The molecule has 0 saturated heterocycles. The van der Waals surface area contributed by atoms with E-state index in [1.165, 1.54) is 38.4 Å². The van der Waals surface area contributed by atoms with Crippen LogP contribution in [0.4, 0.5) is 13.6 Å². The minimum absolute atomic E-state index is 0.0324. The number of aromatic hydroxyl groups is 1. The molecule has 1 aromatic carbocycles. The minimum Gasteiger partial charge on any atom is -0.507 e. The molecule has 0 aliphatic carbocycles. The zero-order valence-corrected chi connectivity index (χ0v) is 22.5. The molecule has 13 heteroatoms. The molecule has 2 N–H and O–H groups in total. The summed E-state index contributed by atoms with van der Waals surface area (Å²) in [4.78, 5) is 40.9. The first kappa shape index (κ1) is 28.7. The number of halogens is 3. The molecule has 0 atom stereocenters. The number of nitrogens with zero attached hydrogens (tertiary/aromatic N) is 1. The van der Waals surface area contributed by atoms with Gasteiger partial charge >= 0.3 is 11.7 Å². The summed E-state index contributed by atoms with van der Waals surface area (Å²) in [6, 6.07) is 4.25. The van der Waals surface area contributed by atoms with Crippen LogP contribution in [0.25, 0.3) is 6.08 Å². The van der Waals surface area contributed by atoms with Crippen molar-refractivity contribution in [1.82, 2.24) is 10.3 Å². The van der Waals surface area contributed by atoms with E-state index in [-0.39, 0.29) is 22.3 Å². The largest absolute Gasteiger partial charge is 0.507 e. The number of amides is 1. The van der Waals surface area contributed by atoms with Gasteiger partial charge in [0.1, 0.15) is 27.4 Å². The van der Waals surface area contributed by atoms with E-state index in [0.29, 0.717) is 28.7 Å². The summed E-state index contributed by atoms with van der Waals surface area (Å²) in [7, 11) is 1.24. The van der Waals surface area contributed by atoms with Gasteiger partial charge in [-0.05, 0) is 59.5 Å². The fourth-order valence-electron chi connectivity index (χ4n) is 3.05. The molecule has 1 amide bonds.